The van der Waals surface area contributed by atoms with Crippen LogP contribution in [0.1, 0.15) is 49.7 Å². The van der Waals surface area contributed by atoms with Gasteiger partial charge in [-0.25, -0.2) is 0 Å². The van der Waals surface area contributed by atoms with Crippen molar-refractivity contribution in [2.75, 3.05) is 7.11 Å². The molecule has 5 aliphatic rings. The minimum absolute atomic E-state index is 0.0211. The van der Waals surface area contributed by atoms with Crippen LogP contribution in [0.5, 0.6) is 11.5 Å². The van der Waals surface area contributed by atoms with Gasteiger partial charge in [-0.05, 0) is 120 Å². The van der Waals surface area contributed by atoms with E-state index in [1.54, 1.807) is 36.4 Å². The summed E-state index contributed by atoms with van der Waals surface area (Å²) in [5, 5.41) is 0.366. The van der Waals surface area contributed by atoms with Crippen LogP contribution in [0.3, 0.4) is 0 Å². The third-order valence-electron chi connectivity index (χ3n) is 8.47. The topological polar surface area (TPSA) is 72.9 Å². The average molecular weight is 651 g/mol. The molecule has 39 heavy (non-hydrogen) atoms. The van der Waals surface area contributed by atoms with Gasteiger partial charge in [0.2, 0.25) is 0 Å². The molecule has 0 N–H and O–H groups in total. The minimum Gasteiger partial charge on any atom is -0.493 e. The number of amides is 2. The molecule has 1 saturated heterocycles. The molecule has 0 atom stereocenters. The Morgan fingerprint density at radius 2 is 1.72 bits per heavy atom. The maximum absolute atomic E-state index is 13.5. The molecule has 0 spiro atoms. The number of methoxy groups -OCH3 is 1. The first-order valence-corrected chi connectivity index (χ1v) is 15.3. The van der Waals surface area contributed by atoms with Crippen molar-refractivity contribution in [3.05, 3.63) is 60.9 Å². The summed E-state index contributed by atoms with van der Waals surface area (Å²) in [5.41, 5.74) is 0.731. The molecule has 2 aromatic carbocycles. The van der Waals surface area contributed by atoms with Crippen LogP contribution in [0.25, 0.3) is 6.08 Å². The third kappa shape index (κ3) is 5.03. The van der Waals surface area contributed by atoms with Gasteiger partial charge in [-0.2, -0.15) is 0 Å². The van der Waals surface area contributed by atoms with Crippen LogP contribution in [0.15, 0.2) is 39.7 Å². The number of carbonyl (C=O) groups is 3. The Balaban J connectivity index is 1.22. The predicted octanol–water partition coefficient (Wildman–Crippen LogP) is 8.12. The number of carbonyl (C=O) groups excluding carboxylic acids is 3. The van der Waals surface area contributed by atoms with Gasteiger partial charge in [0.15, 0.2) is 11.5 Å². The molecule has 7 rings (SSSR count). The molecule has 5 fully saturated rings. The van der Waals surface area contributed by atoms with E-state index in [-0.39, 0.29) is 17.4 Å². The number of halogens is 3. The Kier molecular flexibility index (Phi) is 7.28. The van der Waals surface area contributed by atoms with Gasteiger partial charge in [0.05, 0.1) is 28.4 Å². The first-order valence-electron chi connectivity index (χ1n) is 12.9. The molecule has 1 heterocycles. The van der Waals surface area contributed by atoms with E-state index in [4.69, 9.17) is 32.7 Å². The van der Waals surface area contributed by atoms with Crippen molar-refractivity contribution in [1.82, 2.24) is 4.90 Å². The fraction of sp³-hybridized carbons (Fsp3) is 0.414. The monoisotopic (exact) mass is 649 g/mol. The van der Waals surface area contributed by atoms with E-state index in [9.17, 15) is 14.4 Å². The lowest BCUT2D eigenvalue weighted by atomic mass is 9.49. The van der Waals surface area contributed by atoms with Crippen LogP contribution in [0.4, 0.5) is 4.79 Å². The number of esters is 1. The molecule has 10 heteroatoms. The van der Waals surface area contributed by atoms with Crippen molar-refractivity contribution in [3.8, 4) is 11.5 Å². The normalized spacial score (nSPS) is 28.5. The van der Waals surface area contributed by atoms with Crippen molar-refractivity contribution >= 4 is 74.1 Å². The maximum atomic E-state index is 13.5. The molecule has 6 nitrogen and oxygen atoms in total. The van der Waals surface area contributed by atoms with E-state index in [0.29, 0.717) is 54.9 Å². The first kappa shape index (κ1) is 27.2. The molecule has 0 radical (unpaired) electrons. The molecule has 204 valence electrons. The second kappa shape index (κ2) is 10.4. The van der Waals surface area contributed by atoms with Gasteiger partial charge in [0.25, 0.3) is 11.1 Å². The number of rotatable bonds is 6. The second-order valence-electron chi connectivity index (χ2n) is 11.1. The highest BCUT2D eigenvalue weighted by Crippen LogP contribution is 2.60. The SMILES string of the molecule is COc1cc(/C=C2\SC(=O)N(Cc3c(Cl)cccc3Cl)C2=O)cc(Br)c1OC(=O)C12CC3CC(CC(C3)C1)C2. The van der Waals surface area contributed by atoms with E-state index in [1.165, 1.54) is 26.4 Å². The third-order valence-corrected chi connectivity index (χ3v) is 10.7. The van der Waals surface area contributed by atoms with Crippen LogP contribution in [0.2, 0.25) is 10.0 Å². The number of ether oxygens (including phenoxy) is 2. The molecule has 2 amide bonds. The summed E-state index contributed by atoms with van der Waals surface area (Å²) in [7, 11) is 1.51. The minimum atomic E-state index is -0.437. The van der Waals surface area contributed by atoms with Gasteiger partial charge >= 0.3 is 5.97 Å². The van der Waals surface area contributed by atoms with Crippen LogP contribution >= 0.6 is 50.9 Å². The Morgan fingerprint density at radius 1 is 1.10 bits per heavy atom. The van der Waals surface area contributed by atoms with Crippen LogP contribution in [0, 0.1) is 23.2 Å². The van der Waals surface area contributed by atoms with Crippen LogP contribution in [-0.4, -0.2) is 29.1 Å². The summed E-state index contributed by atoms with van der Waals surface area (Å²) in [6.07, 6.45) is 8.07. The van der Waals surface area contributed by atoms with E-state index in [1.807, 2.05) is 0 Å². The van der Waals surface area contributed by atoms with Crippen molar-refractivity contribution in [3.63, 3.8) is 0 Å². The Bertz CT molecular complexity index is 1370. The number of thioether (sulfide) groups is 1. The number of benzene rings is 2. The number of hydrogen-bond acceptors (Lipinski definition) is 6. The number of imide groups is 1. The lowest BCUT2D eigenvalue weighted by Gasteiger charge is -2.55. The maximum Gasteiger partial charge on any atom is 0.317 e. The zero-order valence-corrected chi connectivity index (χ0v) is 25.1. The smallest absolute Gasteiger partial charge is 0.317 e. The summed E-state index contributed by atoms with van der Waals surface area (Å²) in [5.74, 6) is 1.97. The van der Waals surface area contributed by atoms with Crippen LogP contribution < -0.4 is 9.47 Å². The van der Waals surface area contributed by atoms with Gasteiger partial charge in [-0.3, -0.25) is 19.3 Å². The highest BCUT2D eigenvalue weighted by atomic mass is 79.9. The molecule has 4 bridgehead atoms. The molecular weight excluding hydrogens is 625 g/mol. The van der Waals surface area contributed by atoms with E-state index >= 15 is 0 Å². The predicted molar refractivity (Wildman–Crippen MR) is 155 cm³/mol. The van der Waals surface area contributed by atoms with Gasteiger partial charge in [-0.1, -0.05) is 29.3 Å². The van der Waals surface area contributed by atoms with Gasteiger partial charge < -0.3 is 9.47 Å². The highest BCUT2D eigenvalue weighted by Gasteiger charge is 2.55. The Hall–Kier alpha value is -2.00. The zero-order chi connectivity index (χ0) is 27.5. The van der Waals surface area contributed by atoms with Crippen LogP contribution in [-0.2, 0) is 16.1 Å². The average Bonchev–Trinajstić information content (AvgIpc) is 3.13. The van der Waals surface area contributed by atoms with Crippen molar-refractivity contribution in [1.29, 1.82) is 0 Å². The molecule has 2 aromatic rings. The summed E-state index contributed by atoms with van der Waals surface area (Å²) >= 11 is 16.9. The lowest BCUT2D eigenvalue weighted by Crippen LogP contribution is -2.51. The molecular formula is C29H26BrCl2NO5S. The van der Waals surface area contributed by atoms with E-state index in [0.717, 1.165) is 35.9 Å². The Labute approximate surface area is 249 Å². The van der Waals surface area contributed by atoms with E-state index < -0.39 is 16.6 Å². The quantitative estimate of drug-likeness (QED) is 0.179. The summed E-state index contributed by atoms with van der Waals surface area (Å²) in [4.78, 5) is 40.7. The van der Waals surface area contributed by atoms with Crippen molar-refractivity contribution in [2.24, 2.45) is 23.2 Å². The fourth-order valence-electron chi connectivity index (χ4n) is 7.11. The largest absolute Gasteiger partial charge is 0.493 e. The van der Waals surface area contributed by atoms with Gasteiger partial charge in [0, 0.05) is 15.6 Å². The van der Waals surface area contributed by atoms with Crippen molar-refractivity contribution in [2.45, 2.75) is 45.1 Å². The summed E-state index contributed by atoms with van der Waals surface area (Å²) in [6, 6.07) is 8.49. The molecule has 4 saturated carbocycles. The van der Waals surface area contributed by atoms with E-state index in [2.05, 4.69) is 15.9 Å². The fourth-order valence-corrected chi connectivity index (χ4v) is 9.01. The zero-order valence-electron chi connectivity index (χ0n) is 21.2. The summed E-state index contributed by atoms with van der Waals surface area (Å²) < 4.78 is 12.2. The standard InChI is InChI=1S/C29H26BrCl2NO5S/c1-37-23-9-15(10-24-26(34)33(28(36)39-24)14-19-21(31)3-2-4-22(19)32)8-20(30)25(23)38-27(35)29-11-16-5-17(12-29)7-18(6-16)13-29/h2-4,8-10,16-18H,5-7,11-14H2,1H3/b24-10-. The molecule has 4 aliphatic carbocycles. The highest BCUT2D eigenvalue weighted by molar-refractivity contribution is 9.10. The Morgan fingerprint density at radius 3 is 2.31 bits per heavy atom. The molecule has 0 unspecified atom stereocenters. The van der Waals surface area contributed by atoms with Gasteiger partial charge in [0.1, 0.15) is 0 Å². The molecule has 0 aromatic heterocycles. The van der Waals surface area contributed by atoms with Gasteiger partial charge in [-0.15, -0.1) is 0 Å². The number of nitrogens with zero attached hydrogens (tertiary/aromatic N) is 1. The first-order chi connectivity index (χ1) is 18.7. The molecule has 1 aliphatic heterocycles. The summed E-state index contributed by atoms with van der Waals surface area (Å²) in [6.45, 7) is -0.0211. The lowest BCUT2D eigenvalue weighted by molar-refractivity contribution is -0.161. The van der Waals surface area contributed by atoms with Crippen molar-refractivity contribution < 1.29 is 23.9 Å². The second-order valence-corrected chi connectivity index (χ2v) is 13.8. The number of hydrogen-bond donors (Lipinski definition) is 0.